The lowest BCUT2D eigenvalue weighted by molar-refractivity contribution is -0.137. The Bertz CT molecular complexity index is 792. The van der Waals surface area contributed by atoms with Crippen molar-refractivity contribution in [2.24, 2.45) is 0 Å². The smallest absolute Gasteiger partial charge is 0.373 e. The second kappa shape index (κ2) is 5.28. The fraction of sp³-hybridized carbons (Fsp3) is 0.214. The van der Waals surface area contributed by atoms with Crippen LogP contribution in [-0.2, 0) is 12.6 Å². The minimum Gasteiger partial charge on any atom is -0.373 e. The monoisotopic (exact) mass is 307 g/mol. The number of H-pyrrole nitrogens is 1. The lowest BCUT2D eigenvalue weighted by Crippen LogP contribution is -2.05. The number of aromatic nitrogens is 4. The first kappa shape index (κ1) is 14.3. The molecule has 0 radical (unpaired) electrons. The minimum atomic E-state index is -4.42. The van der Waals surface area contributed by atoms with Crippen molar-refractivity contribution in [1.82, 2.24) is 19.9 Å². The molecule has 0 saturated carbocycles. The Labute approximate surface area is 123 Å². The van der Waals surface area contributed by atoms with E-state index in [0.29, 0.717) is 12.2 Å². The molecular formula is C14H12F3N5. The van der Waals surface area contributed by atoms with E-state index in [-0.39, 0.29) is 11.2 Å². The highest BCUT2D eigenvalue weighted by Gasteiger charge is 2.31. The minimum absolute atomic E-state index is 0.266. The molecule has 22 heavy (non-hydrogen) atoms. The van der Waals surface area contributed by atoms with Crippen molar-refractivity contribution in [3.05, 3.63) is 47.5 Å². The Balaban J connectivity index is 1.88. The molecule has 2 N–H and O–H groups in total. The van der Waals surface area contributed by atoms with Gasteiger partial charge in [0.25, 0.3) is 0 Å². The summed E-state index contributed by atoms with van der Waals surface area (Å²) in [4.78, 5) is 15.0. The quantitative estimate of drug-likeness (QED) is 0.780. The number of fused-ring (bicyclic) bond motifs is 1. The number of halogens is 3. The van der Waals surface area contributed by atoms with E-state index in [1.54, 1.807) is 13.2 Å². The predicted molar refractivity (Wildman–Crippen MR) is 75.5 cm³/mol. The van der Waals surface area contributed by atoms with E-state index in [2.05, 4.69) is 25.3 Å². The molecule has 0 aliphatic rings. The maximum absolute atomic E-state index is 12.7. The largest absolute Gasteiger partial charge is 0.417 e. The van der Waals surface area contributed by atoms with Gasteiger partial charge in [0.15, 0.2) is 5.65 Å². The van der Waals surface area contributed by atoms with Crippen LogP contribution in [0.25, 0.3) is 11.2 Å². The van der Waals surface area contributed by atoms with Gasteiger partial charge in [0, 0.05) is 25.9 Å². The Morgan fingerprint density at radius 3 is 2.64 bits per heavy atom. The standard InChI is InChI=1S/C14H12F3N5/c1-18-11-3-2-8(6-19-11)4-12-21-10-5-9(14(15,16)17)7-20-13(10)22-12/h2-3,5-7H,4H2,1H3,(H,18,19)(H,20,21,22). The third-order valence-electron chi connectivity index (χ3n) is 3.17. The molecule has 5 nitrogen and oxygen atoms in total. The zero-order valence-electron chi connectivity index (χ0n) is 11.6. The molecule has 0 aromatic carbocycles. The number of rotatable bonds is 3. The number of hydrogen-bond donors (Lipinski definition) is 2. The second-order valence-electron chi connectivity index (χ2n) is 4.75. The Morgan fingerprint density at radius 2 is 2.00 bits per heavy atom. The van der Waals surface area contributed by atoms with Crippen molar-refractivity contribution in [1.29, 1.82) is 0 Å². The second-order valence-corrected chi connectivity index (χ2v) is 4.75. The molecule has 0 unspecified atom stereocenters. The van der Waals surface area contributed by atoms with Crippen LogP contribution in [0.2, 0.25) is 0 Å². The summed E-state index contributed by atoms with van der Waals surface area (Å²) >= 11 is 0. The molecule has 0 aliphatic heterocycles. The van der Waals surface area contributed by atoms with Crippen LogP contribution in [0.5, 0.6) is 0 Å². The van der Waals surface area contributed by atoms with Crippen LogP contribution >= 0.6 is 0 Å². The number of nitrogens with one attached hydrogen (secondary N) is 2. The predicted octanol–water partition coefficient (Wildman–Crippen LogP) is 3.00. The average Bonchev–Trinajstić information content (AvgIpc) is 2.88. The average molecular weight is 307 g/mol. The van der Waals surface area contributed by atoms with Crippen molar-refractivity contribution >= 4 is 17.0 Å². The maximum atomic E-state index is 12.7. The van der Waals surface area contributed by atoms with E-state index in [9.17, 15) is 13.2 Å². The first-order valence-electron chi connectivity index (χ1n) is 6.50. The fourth-order valence-corrected chi connectivity index (χ4v) is 2.06. The molecule has 0 amide bonds. The number of nitrogens with zero attached hydrogens (tertiary/aromatic N) is 3. The zero-order chi connectivity index (χ0) is 15.7. The number of hydrogen-bond acceptors (Lipinski definition) is 4. The normalized spacial score (nSPS) is 11.8. The molecule has 114 valence electrons. The van der Waals surface area contributed by atoms with Crippen molar-refractivity contribution in [2.45, 2.75) is 12.6 Å². The van der Waals surface area contributed by atoms with Gasteiger partial charge in [-0.25, -0.2) is 15.0 Å². The SMILES string of the molecule is CNc1ccc(Cc2nc3ncc(C(F)(F)F)cc3[nH]2)cn1. The summed E-state index contributed by atoms with van der Waals surface area (Å²) in [6.45, 7) is 0. The molecule has 3 heterocycles. The molecule has 0 fully saturated rings. The summed E-state index contributed by atoms with van der Waals surface area (Å²) in [5, 5.41) is 2.91. The summed E-state index contributed by atoms with van der Waals surface area (Å²) < 4.78 is 38.0. The third kappa shape index (κ3) is 2.85. The van der Waals surface area contributed by atoms with Crippen molar-refractivity contribution in [2.75, 3.05) is 12.4 Å². The molecule has 0 spiro atoms. The molecule has 3 aromatic heterocycles. The highest BCUT2D eigenvalue weighted by molar-refractivity contribution is 5.71. The van der Waals surface area contributed by atoms with Crippen molar-refractivity contribution in [3.8, 4) is 0 Å². The van der Waals surface area contributed by atoms with Gasteiger partial charge in [0.1, 0.15) is 11.6 Å². The molecule has 0 atom stereocenters. The van der Waals surface area contributed by atoms with E-state index in [4.69, 9.17) is 0 Å². The summed E-state index contributed by atoms with van der Waals surface area (Å²) in [7, 11) is 1.77. The van der Waals surface area contributed by atoms with Crippen LogP contribution in [0.3, 0.4) is 0 Å². The van der Waals surface area contributed by atoms with Crippen molar-refractivity contribution in [3.63, 3.8) is 0 Å². The van der Waals surface area contributed by atoms with Gasteiger partial charge in [-0.3, -0.25) is 0 Å². The number of aromatic amines is 1. The lowest BCUT2D eigenvalue weighted by atomic mass is 10.2. The van der Waals surface area contributed by atoms with Gasteiger partial charge in [-0.15, -0.1) is 0 Å². The molecular weight excluding hydrogens is 295 g/mol. The third-order valence-corrected chi connectivity index (χ3v) is 3.17. The fourth-order valence-electron chi connectivity index (χ4n) is 2.06. The Morgan fingerprint density at radius 1 is 1.18 bits per heavy atom. The number of imidazole rings is 1. The van der Waals surface area contributed by atoms with Crippen LogP contribution in [0, 0.1) is 0 Å². The van der Waals surface area contributed by atoms with Crippen LogP contribution < -0.4 is 5.32 Å². The van der Waals surface area contributed by atoms with E-state index in [1.165, 1.54) is 0 Å². The van der Waals surface area contributed by atoms with Gasteiger partial charge < -0.3 is 10.3 Å². The van der Waals surface area contributed by atoms with E-state index < -0.39 is 11.7 Å². The van der Waals surface area contributed by atoms with Gasteiger partial charge in [-0.05, 0) is 17.7 Å². The Kier molecular flexibility index (Phi) is 3.44. The van der Waals surface area contributed by atoms with Gasteiger partial charge >= 0.3 is 6.18 Å². The number of pyridine rings is 2. The molecule has 0 bridgehead atoms. The van der Waals surface area contributed by atoms with Crippen molar-refractivity contribution < 1.29 is 13.2 Å². The molecule has 3 aromatic rings. The zero-order valence-corrected chi connectivity index (χ0v) is 11.6. The Hall–Kier alpha value is -2.64. The van der Waals surface area contributed by atoms with E-state index >= 15 is 0 Å². The van der Waals surface area contributed by atoms with E-state index in [1.807, 2.05) is 12.1 Å². The molecule has 0 aliphatic carbocycles. The van der Waals surface area contributed by atoms with E-state index in [0.717, 1.165) is 23.6 Å². The lowest BCUT2D eigenvalue weighted by Gasteiger charge is -2.04. The summed E-state index contributed by atoms with van der Waals surface area (Å²) in [5.74, 6) is 1.28. The molecule has 3 rings (SSSR count). The van der Waals surface area contributed by atoms with Gasteiger partial charge in [0.2, 0.25) is 0 Å². The van der Waals surface area contributed by atoms with Gasteiger partial charge in [-0.1, -0.05) is 6.07 Å². The van der Waals surface area contributed by atoms with Crippen LogP contribution in [0.4, 0.5) is 19.0 Å². The molecule has 0 saturated heterocycles. The number of anilines is 1. The maximum Gasteiger partial charge on any atom is 0.417 e. The summed E-state index contributed by atoms with van der Waals surface area (Å²) in [6.07, 6.45) is -1.50. The summed E-state index contributed by atoms with van der Waals surface area (Å²) in [6, 6.07) is 4.71. The van der Waals surface area contributed by atoms with Gasteiger partial charge in [0.05, 0.1) is 11.1 Å². The highest BCUT2D eigenvalue weighted by Crippen LogP contribution is 2.30. The first-order valence-corrected chi connectivity index (χ1v) is 6.50. The van der Waals surface area contributed by atoms with Crippen LogP contribution in [-0.4, -0.2) is 27.0 Å². The number of alkyl halides is 3. The summed E-state index contributed by atoms with van der Waals surface area (Å²) in [5.41, 5.74) is 0.636. The molecule has 8 heteroatoms. The van der Waals surface area contributed by atoms with Gasteiger partial charge in [-0.2, -0.15) is 13.2 Å². The highest BCUT2D eigenvalue weighted by atomic mass is 19.4. The van der Waals surface area contributed by atoms with Crippen LogP contribution in [0.15, 0.2) is 30.6 Å². The topological polar surface area (TPSA) is 66.5 Å². The van der Waals surface area contributed by atoms with Crippen LogP contribution in [0.1, 0.15) is 17.0 Å². The first-order chi connectivity index (χ1) is 10.5.